The largest absolute Gasteiger partial charge is 0.243 e. The van der Waals surface area contributed by atoms with Gasteiger partial charge in [0.2, 0.25) is 0 Å². The van der Waals surface area contributed by atoms with Crippen molar-refractivity contribution in [2.45, 2.75) is 321 Å². The molecule has 0 unspecified atom stereocenters. The normalized spacial score (nSPS) is 14.1. The topological polar surface area (TPSA) is 77.8 Å². The maximum absolute atomic E-state index is 19.5. The third-order valence-electron chi connectivity index (χ3n) is 18.6. The van der Waals surface area contributed by atoms with Gasteiger partial charge in [-0.05, 0) is 69.6 Å². The molecule has 6 nitrogen and oxygen atoms in total. The highest BCUT2D eigenvalue weighted by molar-refractivity contribution is 6.04. The fraction of sp³-hybridized carbons (Fsp3) is 0.735. The van der Waals surface area contributed by atoms with E-state index in [1.807, 2.05) is 12.1 Å². The molecule has 0 radical (unpaired) electrons. The molecule has 0 saturated heterocycles. The molecule has 5 aromatic rings. The van der Waals surface area contributed by atoms with Crippen molar-refractivity contribution in [1.29, 1.82) is 0 Å². The van der Waals surface area contributed by atoms with Crippen LogP contribution in [0.3, 0.4) is 0 Å². The molecule has 0 N–H and O–H groups in total. The van der Waals surface area contributed by atoms with E-state index in [0.29, 0.717) is 55.4 Å². The Labute approximate surface area is 460 Å². The Balaban J connectivity index is 1.27. The van der Waals surface area contributed by atoms with Crippen LogP contribution in [0.15, 0.2) is 33.5 Å². The van der Waals surface area contributed by atoms with Crippen LogP contribution in [0.1, 0.15) is 332 Å². The highest BCUT2D eigenvalue weighted by Gasteiger charge is 2.54. The van der Waals surface area contributed by atoms with Crippen LogP contribution in [-0.4, -0.2) is 20.6 Å². The first-order valence-corrected chi connectivity index (χ1v) is 32.6. The predicted octanol–water partition coefficient (Wildman–Crippen LogP) is 22.8. The molecule has 2 heterocycles. The van der Waals surface area contributed by atoms with E-state index < -0.39 is 10.8 Å². The second kappa shape index (κ2) is 32.4. The summed E-state index contributed by atoms with van der Waals surface area (Å²) in [5, 5.41) is 17.8. The highest BCUT2D eigenvalue weighted by atomic mass is 19.1. The van der Waals surface area contributed by atoms with Crippen molar-refractivity contribution in [3.05, 3.63) is 58.2 Å². The summed E-state index contributed by atoms with van der Waals surface area (Å²) >= 11 is 0. The molecule has 3 aromatic carbocycles. The molecule has 7 rings (SSSR count). The van der Waals surface area contributed by atoms with Crippen molar-refractivity contribution in [2.75, 3.05) is 0 Å². The second-order valence-corrected chi connectivity index (χ2v) is 24.3. The second-order valence-electron chi connectivity index (χ2n) is 24.3. The molecule has 2 aliphatic carbocycles. The standard InChI is InChI=1S/C68H104F2N4O2/c1-5-9-13-17-21-25-29-33-37-41-49-67(50-42-38-34-30-26-22-18-14-10-6-2)53-45-47-55-65(73-75-71-55)57(53)59-61(67)63(69)60-58-54(46-48-56-66(58)74-76-72-56)68(62(60)64(59)70,51-43-39-35-31-27-23-19-15-11-7-3)52-44-40-36-32-28-24-20-16-12-8-4/h45-48H,5-44,49-52H2,1-4H3. The number of nitrogens with zero attached hydrogens (tertiary/aromatic N) is 4. The number of aromatic nitrogens is 4. The molecule has 0 bridgehead atoms. The summed E-state index contributed by atoms with van der Waals surface area (Å²) < 4.78 is 49.9. The highest BCUT2D eigenvalue weighted by Crippen LogP contribution is 2.64. The summed E-state index contributed by atoms with van der Waals surface area (Å²) in [4.78, 5) is 0. The summed E-state index contributed by atoms with van der Waals surface area (Å²) in [5.74, 6) is -0.535. The molecular formula is C68H104F2N4O2. The molecule has 0 amide bonds. The Morgan fingerprint density at radius 3 is 0.789 bits per heavy atom. The number of benzene rings is 3. The minimum Gasteiger partial charge on any atom is -0.243 e. The van der Waals surface area contributed by atoms with E-state index in [1.54, 1.807) is 0 Å². The molecule has 0 saturated carbocycles. The van der Waals surface area contributed by atoms with Crippen molar-refractivity contribution < 1.29 is 18.0 Å². The zero-order valence-electron chi connectivity index (χ0n) is 48.8. The zero-order chi connectivity index (χ0) is 53.3. The average Bonchev–Trinajstić information content (AvgIpc) is 4.40. The van der Waals surface area contributed by atoms with Gasteiger partial charge in [-0.1, -0.05) is 297 Å². The van der Waals surface area contributed by atoms with E-state index in [2.05, 4.69) is 60.5 Å². The van der Waals surface area contributed by atoms with E-state index in [9.17, 15) is 0 Å². The number of rotatable bonds is 44. The summed E-state index contributed by atoms with van der Waals surface area (Å²) in [6.07, 6.45) is 52.1. The van der Waals surface area contributed by atoms with Gasteiger partial charge in [0, 0.05) is 44.2 Å². The molecule has 8 heteroatoms. The van der Waals surface area contributed by atoms with E-state index in [4.69, 9.17) is 9.26 Å². The number of halogens is 2. The molecule has 2 aliphatic rings. The van der Waals surface area contributed by atoms with Crippen molar-refractivity contribution in [3.8, 4) is 22.3 Å². The first kappa shape index (κ1) is 60.0. The van der Waals surface area contributed by atoms with Crippen molar-refractivity contribution in [3.63, 3.8) is 0 Å². The van der Waals surface area contributed by atoms with Gasteiger partial charge in [0.25, 0.3) is 0 Å². The minimum atomic E-state index is -0.730. The van der Waals surface area contributed by atoms with Crippen LogP contribution in [0, 0.1) is 11.6 Å². The summed E-state index contributed by atoms with van der Waals surface area (Å²) in [5.41, 5.74) is 6.20. The van der Waals surface area contributed by atoms with Gasteiger partial charge in [-0.15, -0.1) is 0 Å². The van der Waals surface area contributed by atoms with Crippen LogP contribution in [0.4, 0.5) is 8.78 Å². The van der Waals surface area contributed by atoms with Crippen LogP contribution in [-0.2, 0) is 10.8 Å². The van der Waals surface area contributed by atoms with Crippen molar-refractivity contribution >= 4 is 22.1 Å². The smallest absolute Gasteiger partial charge is 0.143 e. The lowest BCUT2D eigenvalue weighted by Crippen LogP contribution is -2.29. The quantitative estimate of drug-likeness (QED) is 0.0362. The van der Waals surface area contributed by atoms with Gasteiger partial charge in [0.05, 0.1) is 0 Å². The first-order chi connectivity index (χ1) is 37.5. The van der Waals surface area contributed by atoms with Crippen LogP contribution in [0.25, 0.3) is 44.3 Å². The number of unbranched alkanes of at least 4 members (excludes halogenated alkanes) is 36. The van der Waals surface area contributed by atoms with Gasteiger partial charge in [0.1, 0.15) is 33.7 Å². The summed E-state index contributed by atoms with van der Waals surface area (Å²) in [6.45, 7) is 9.12. The van der Waals surface area contributed by atoms with Gasteiger partial charge >= 0.3 is 0 Å². The van der Waals surface area contributed by atoms with Crippen molar-refractivity contribution in [1.82, 2.24) is 20.6 Å². The van der Waals surface area contributed by atoms with E-state index >= 15 is 8.78 Å². The zero-order valence-corrected chi connectivity index (χ0v) is 48.8. The van der Waals surface area contributed by atoms with E-state index in [-0.39, 0.29) is 11.6 Å². The fourth-order valence-corrected chi connectivity index (χ4v) is 14.3. The Morgan fingerprint density at radius 2 is 0.539 bits per heavy atom. The number of hydrogen-bond acceptors (Lipinski definition) is 6. The lowest BCUT2D eigenvalue weighted by molar-refractivity contribution is 0.315. The maximum atomic E-state index is 19.5. The van der Waals surface area contributed by atoms with E-state index in [0.717, 1.165) is 88.2 Å². The van der Waals surface area contributed by atoms with Gasteiger partial charge in [-0.25, -0.2) is 18.0 Å². The Kier molecular flexibility index (Phi) is 25.6. The van der Waals surface area contributed by atoms with Gasteiger partial charge in [-0.2, -0.15) is 0 Å². The molecule has 76 heavy (non-hydrogen) atoms. The van der Waals surface area contributed by atoms with Crippen LogP contribution < -0.4 is 0 Å². The van der Waals surface area contributed by atoms with Crippen LogP contribution in [0.5, 0.6) is 0 Å². The molecule has 2 aromatic heterocycles. The third kappa shape index (κ3) is 15.0. The third-order valence-corrected chi connectivity index (χ3v) is 18.6. The lowest BCUT2D eigenvalue weighted by Gasteiger charge is -2.35. The first-order valence-electron chi connectivity index (χ1n) is 32.6. The molecule has 0 spiro atoms. The Bertz CT molecular complexity index is 2220. The van der Waals surface area contributed by atoms with Gasteiger partial charge in [-0.3, -0.25) is 0 Å². The molecular weight excluding hydrogens is 943 g/mol. The number of fused-ring (bicyclic) bond motifs is 10. The number of hydrogen-bond donors (Lipinski definition) is 0. The van der Waals surface area contributed by atoms with Crippen LogP contribution >= 0.6 is 0 Å². The maximum Gasteiger partial charge on any atom is 0.143 e. The summed E-state index contributed by atoms with van der Waals surface area (Å²) in [7, 11) is 0. The molecule has 422 valence electrons. The molecule has 0 atom stereocenters. The monoisotopic (exact) mass is 1050 g/mol. The summed E-state index contributed by atoms with van der Waals surface area (Å²) in [6, 6.07) is 8.28. The molecule has 0 aliphatic heterocycles. The Hall–Kier alpha value is -3.68. The minimum absolute atomic E-state index is 0.267. The molecule has 0 fully saturated rings. The van der Waals surface area contributed by atoms with Crippen LogP contribution in [0.2, 0.25) is 0 Å². The van der Waals surface area contributed by atoms with Crippen molar-refractivity contribution in [2.24, 2.45) is 0 Å². The Morgan fingerprint density at radius 1 is 0.303 bits per heavy atom. The fourth-order valence-electron chi connectivity index (χ4n) is 14.3. The van der Waals surface area contributed by atoms with Gasteiger partial charge < -0.3 is 0 Å². The lowest BCUT2D eigenvalue weighted by atomic mass is 9.68. The van der Waals surface area contributed by atoms with E-state index in [1.165, 1.54) is 205 Å². The van der Waals surface area contributed by atoms with Gasteiger partial charge in [0.15, 0.2) is 0 Å². The average molecular weight is 1050 g/mol. The predicted molar refractivity (Wildman–Crippen MR) is 315 cm³/mol. The SMILES string of the molecule is CCCCCCCCCCCCC1(CCCCCCCCCCCC)c2ccc3nonc3c2-c2c(F)c3c(c(F)c21)-c1c(ccc2nonc12)C3(CCCCCCCCCCCC)CCCCCCCCCCCC.